The third kappa shape index (κ3) is 2.72. The van der Waals surface area contributed by atoms with Crippen LogP contribution in [0.4, 0.5) is 5.69 Å². The molecule has 2 amide bonds. The van der Waals surface area contributed by atoms with E-state index in [1.165, 1.54) is 6.92 Å². The van der Waals surface area contributed by atoms with Crippen molar-refractivity contribution in [3.63, 3.8) is 0 Å². The Morgan fingerprint density at radius 3 is 2.94 bits per heavy atom. The third-order valence-corrected chi connectivity index (χ3v) is 2.46. The number of fused-ring (bicyclic) bond motifs is 1. The highest BCUT2D eigenvalue weighted by Gasteiger charge is 2.13. The molecule has 0 spiro atoms. The first kappa shape index (κ1) is 11.4. The summed E-state index contributed by atoms with van der Waals surface area (Å²) in [6, 6.07) is 3.47. The number of hydrogen-bond acceptors (Lipinski definition) is 4. The van der Waals surface area contributed by atoms with Crippen LogP contribution >= 0.6 is 0 Å². The molecule has 0 unspecified atom stereocenters. The Kier molecular flexibility index (Phi) is 3.22. The van der Waals surface area contributed by atoms with Crippen LogP contribution in [0.5, 0.6) is 0 Å². The molecule has 2 rings (SSSR count). The molecule has 2 heterocycles. The number of hydrogen-bond donors (Lipinski definition) is 3. The summed E-state index contributed by atoms with van der Waals surface area (Å²) in [5, 5.41) is 3.22. The van der Waals surface area contributed by atoms with Crippen molar-refractivity contribution in [3.05, 3.63) is 23.5 Å². The predicted octanol–water partition coefficient (Wildman–Crippen LogP) is 0.221. The maximum Gasteiger partial charge on any atom is 0.288 e. The molecule has 0 aliphatic carbocycles. The van der Waals surface area contributed by atoms with Crippen LogP contribution in [0.1, 0.15) is 29.5 Å². The van der Waals surface area contributed by atoms with Gasteiger partial charge in [-0.15, -0.1) is 0 Å². The Bertz CT molecular complexity index is 459. The summed E-state index contributed by atoms with van der Waals surface area (Å²) in [6.45, 7) is 2.26. The second kappa shape index (κ2) is 4.82. The third-order valence-electron chi connectivity index (χ3n) is 2.46. The predicted molar refractivity (Wildman–Crippen MR) is 62.3 cm³/mol. The number of carbonyl (C=O) groups is 2. The van der Waals surface area contributed by atoms with Gasteiger partial charge in [-0.1, -0.05) is 0 Å². The highest BCUT2D eigenvalue weighted by Crippen LogP contribution is 2.19. The number of pyridine rings is 1. The zero-order chi connectivity index (χ0) is 12.3. The van der Waals surface area contributed by atoms with Gasteiger partial charge in [0, 0.05) is 13.5 Å². The van der Waals surface area contributed by atoms with E-state index in [1.54, 1.807) is 6.07 Å². The summed E-state index contributed by atoms with van der Waals surface area (Å²) in [5.74, 6) is -0.730. The van der Waals surface area contributed by atoms with Crippen molar-refractivity contribution in [1.29, 1.82) is 0 Å². The fraction of sp³-hybridized carbons (Fsp3) is 0.364. The number of nitrogens with one attached hydrogen (secondary N) is 3. The lowest BCUT2D eigenvalue weighted by atomic mass is 10.1. The highest BCUT2D eigenvalue weighted by atomic mass is 16.2. The summed E-state index contributed by atoms with van der Waals surface area (Å²) in [4.78, 5) is 26.5. The average Bonchev–Trinajstić information content (AvgIpc) is 2.35. The molecule has 6 nitrogen and oxygen atoms in total. The van der Waals surface area contributed by atoms with Crippen molar-refractivity contribution in [2.45, 2.75) is 19.8 Å². The Balaban J connectivity index is 2.11. The topological polar surface area (TPSA) is 83.1 Å². The van der Waals surface area contributed by atoms with E-state index in [-0.39, 0.29) is 5.91 Å². The SMILES string of the molecule is CC(=O)NNC(=O)c1ccc2c(n1)CCCN2. The molecule has 0 radical (unpaired) electrons. The first-order chi connectivity index (χ1) is 8.16. The molecule has 0 fully saturated rings. The molecule has 6 heteroatoms. The van der Waals surface area contributed by atoms with Crippen molar-refractivity contribution >= 4 is 17.5 Å². The van der Waals surface area contributed by atoms with Gasteiger partial charge in [-0.2, -0.15) is 0 Å². The smallest absolute Gasteiger partial charge is 0.288 e. The van der Waals surface area contributed by atoms with Gasteiger partial charge in [-0.05, 0) is 25.0 Å². The molecular weight excluding hydrogens is 220 g/mol. The molecular formula is C11H14N4O2. The first-order valence-electron chi connectivity index (χ1n) is 5.47. The summed E-state index contributed by atoms with van der Waals surface area (Å²) >= 11 is 0. The van der Waals surface area contributed by atoms with Crippen molar-refractivity contribution in [3.8, 4) is 0 Å². The molecule has 0 saturated heterocycles. The molecule has 0 aromatic carbocycles. The molecule has 17 heavy (non-hydrogen) atoms. The molecule has 3 N–H and O–H groups in total. The highest BCUT2D eigenvalue weighted by molar-refractivity contribution is 5.93. The summed E-state index contributed by atoms with van der Waals surface area (Å²) in [7, 11) is 0. The van der Waals surface area contributed by atoms with Crippen molar-refractivity contribution < 1.29 is 9.59 Å². The Morgan fingerprint density at radius 2 is 2.18 bits per heavy atom. The normalized spacial score (nSPS) is 13.2. The van der Waals surface area contributed by atoms with Crippen molar-refractivity contribution in [2.24, 2.45) is 0 Å². The van der Waals surface area contributed by atoms with Crippen LogP contribution in [-0.2, 0) is 11.2 Å². The van der Waals surface area contributed by atoms with E-state index in [4.69, 9.17) is 0 Å². The van der Waals surface area contributed by atoms with E-state index < -0.39 is 5.91 Å². The van der Waals surface area contributed by atoms with Gasteiger partial charge in [0.15, 0.2) is 0 Å². The second-order valence-electron chi connectivity index (χ2n) is 3.86. The van der Waals surface area contributed by atoms with Gasteiger partial charge < -0.3 is 5.32 Å². The van der Waals surface area contributed by atoms with E-state index in [9.17, 15) is 9.59 Å². The Morgan fingerprint density at radius 1 is 1.35 bits per heavy atom. The van der Waals surface area contributed by atoms with Crippen molar-refractivity contribution in [2.75, 3.05) is 11.9 Å². The minimum atomic E-state index is -0.409. The second-order valence-corrected chi connectivity index (χ2v) is 3.86. The lowest BCUT2D eigenvalue weighted by Crippen LogP contribution is -2.40. The minimum Gasteiger partial charge on any atom is -0.384 e. The van der Waals surface area contributed by atoms with Gasteiger partial charge in [-0.3, -0.25) is 20.4 Å². The number of hydrazine groups is 1. The zero-order valence-corrected chi connectivity index (χ0v) is 9.54. The number of carbonyl (C=O) groups excluding carboxylic acids is 2. The van der Waals surface area contributed by atoms with Gasteiger partial charge in [0.25, 0.3) is 5.91 Å². The molecule has 1 aliphatic rings. The number of aromatic nitrogens is 1. The van der Waals surface area contributed by atoms with E-state index in [2.05, 4.69) is 21.2 Å². The lowest BCUT2D eigenvalue weighted by Gasteiger charge is -2.17. The number of amides is 2. The van der Waals surface area contributed by atoms with E-state index in [1.807, 2.05) is 6.07 Å². The fourth-order valence-corrected chi connectivity index (χ4v) is 1.67. The number of rotatable bonds is 1. The number of aryl methyl sites for hydroxylation is 1. The molecule has 0 saturated carbocycles. The standard InChI is InChI=1S/C11H14N4O2/c1-7(16)14-15-11(17)10-5-4-8-9(13-10)3-2-6-12-8/h4-5,12H,2-3,6H2,1H3,(H,14,16)(H,15,17). The molecule has 1 aromatic rings. The monoisotopic (exact) mass is 234 g/mol. The maximum absolute atomic E-state index is 11.6. The van der Waals surface area contributed by atoms with Crippen LogP contribution in [0.3, 0.4) is 0 Å². The molecule has 90 valence electrons. The van der Waals surface area contributed by atoms with Crippen LogP contribution in [0.15, 0.2) is 12.1 Å². The average molecular weight is 234 g/mol. The molecule has 1 aliphatic heterocycles. The van der Waals surface area contributed by atoms with Crippen LogP contribution in [0, 0.1) is 0 Å². The maximum atomic E-state index is 11.6. The quantitative estimate of drug-likeness (QED) is 0.607. The minimum absolute atomic E-state index is 0.307. The Labute approximate surface area is 98.8 Å². The largest absolute Gasteiger partial charge is 0.384 e. The number of nitrogens with zero attached hydrogens (tertiary/aromatic N) is 1. The van der Waals surface area contributed by atoms with Gasteiger partial charge >= 0.3 is 0 Å². The van der Waals surface area contributed by atoms with Gasteiger partial charge in [0.1, 0.15) is 5.69 Å². The summed E-state index contributed by atoms with van der Waals surface area (Å²) in [6.07, 6.45) is 1.88. The number of anilines is 1. The summed E-state index contributed by atoms with van der Waals surface area (Å²) in [5.41, 5.74) is 6.69. The van der Waals surface area contributed by atoms with E-state index in [0.29, 0.717) is 5.69 Å². The van der Waals surface area contributed by atoms with Crippen LogP contribution in [-0.4, -0.2) is 23.3 Å². The van der Waals surface area contributed by atoms with E-state index in [0.717, 1.165) is 30.8 Å². The fourth-order valence-electron chi connectivity index (χ4n) is 1.67. The van der Waals surface area contributed by atoms with Gasteiger partial charge in [-0.25, -0.2) is 4.98 Å². The van der Waals surface area contributed by atoms with Crippen LogP contribution in [0.25, 0.3) is 0 Å². The van der Waals surface area contributed by atoms with Gasteiger partial charge in [0.2, 0.25) is 5.91 Å². The Hall–Kier alpha value is -2.11. The van der Waals surface area contributed by atoms with Crippen LogP contribution in [0.2, 0.25) is 0 Å². The molecule has 0 atom stereocenters. The zero-order valence-electron chi connectivity index (χ0n) is 9.54. The first-order valence-corrected chi connectivity index (χ1v) is 5.47. The van der Waals surface area contributed by atoms with Crippen molar-refractivity contribution in [1.82, 2.24) is 15.8 Å². The van der Waals surface area contributed by atoms with Gasteiger partial charge in [0.05, 0.1) is 11.4 Å². The molecule has 0 bridgehead atoms. The lowest BCUT2D eigenvalue weighted by molar-refractivity contribution is -0.119. The van der Waals surface area contributed by atoms with Crippen LogP contribution < -0.4 is 16.2 Å². The summed E-state index contributed by atoms with van der Waals surface area (Å²) < 4.78 is 0. The van der Waals surface area contributed by atoms with E-state index >= 15 is 0 Å². The molecule has 1 aromatic heterocycles.